The van der Waals surface area contributed by atoms with Crippen LogP contribution < -0.4 is 5.32 Å². The van der Waals surface area contributed by atoms with E-state index in [1.54, 1.807) is 0 Å². The molecule has 0 saturated heterocycles. The van der Waals surface area contributed by atoms with Crippen LogP contribution in [0.1, 0.15) is 21.9 Å². The highest BCUT2D eigenvalue weighted by molar-refractivity contribution is 5.93. The molecule has 0 saturated carbocycles. The van der Waals surface area contributed by atoms with E-state index >= 15 is 0 Å². The SMILES string of the molecule is Cc1cc(CNC(=O)c2cnc3ccccc3n2)n[nH]1. The third-order valence-corrected chi connectivity index (χ3v) is 2.87. The maximum atomic E-state index is 12.0. The molecule has 6 heteroatoms. The molecule has 3 rings (SSSR count). The normalized spacial score (nSPS) is 10.7. The number of rotatable bonds is 3. The fourth-order valence-electron chi connectivity index (χ4n) is 1.89. The molecule has 0 radical (unpaired) electrons. The van der Waals surface area contributed by atoms with Gasteiger partial charge >= 0.3 is 0 Å². The van der Waals surface area contributed by atoms with Crippen LogP contribution in [-0.4, -0.2) is 26.1 Å². The summed E-state index contributed by atoms with van der Waals surface area (Å²) in [4.78, 5) is 20.5. The zero-order chi connectivity index (χ0) is 13.9. The second-order valence-electron chi connectivity index (χ2n) is 4.47. The van der Waals surface area contributed by atoms with Crippen LogP contribution in [0.25, 0.3) is 11.0 Å². The highest BCUT2D eigenvalue weighted by Gasteiger charge is 2.09. The molecular weight excluding hydrogens is 254 g/mol. The molecule has 1 aromatic carbocycles. The summed E-state index contributed by atoms with van der Waals surface area (Å²) in [5.41, 5.74) is 3.52. The van der Waals surface area contributed by atoms with E-state index in [0.29, 0.717) is 17.8 Å². The number of fused-ring (bicyclic) bond motifs is 1. The van der Waals surface area contributed by atoms with Crippen molar-refractivity contribution >= 4 is 16.9 Å². The first-order chi connectivity index (χ1) is 9.72. The maximum absolute atomic E-state index is 12.0. The average molecular weight is 267 g/mol. The van der Waals surface area contributed by atoms with Crippen LogP contribution in [0.5, 0.6) is 0 Å². The number of nitrogens with one attached hydrogen (secondary N) is 2. The van der Waals surface area contributed by atoms with Crippen LogP contribution in [-0.2, 0) is 6.54 Å². The van der Waals surface area contributed by atoms with E-state index < -0.39 is 0 Å². The van der Waals surface area contributed by atoms with E-state index in [-0.39, 0.29) is 5.91 Å². The molecule has 0 spiro atoms. The van der Waals surface area contributed by atoms with Gasteiger partial charge in [-0.05, 0) is 25.1 Å². The highest BCUT2D eigenvalue weighted by Crippen LogP contribution is 2.08. The van der Waals surface area contributed by atoms with E-state index in [4.69, 9.17) is 0 Å². The molecule has 6 nitrogen and oxygen atoms in total. The molecule has 20 heavy (non-hydrogen) atoms. The molecular formula is C14H13N5O. The Labute approximate surface area is 115 Å². The van der Waals surface area contributed by atoms with Crippen molar-refractivity contribution in [3.63, 3.8) is 0 Å². The third-order valence-electron chi connectivity index (χ3n) is 2.87. The van der Waals surface area contributed by atoms with Gasteiger partial charge in [0.15, 0.2) is 0 Å². The van der Waals surface area contributed by atoms with Gasteiger partial charge in [-0.15, -0.1) is 0 Å². The van der Waals surface area contributed by atoms with Gasteiger partial charge in [0.25, 0.3) is 5.91 Å². The van der Waals surface area contributed by atoms with Crippen LogP contribution in [0.15, 0.2) is 36.5 Å². The number of amides is 1. The van der Waals surface area contributed by atoms with Gasteiger partial charge in [0.2, 0.25) is 0 Å². The van der Waals surface area contributed by atoms with Gasteiger partial charge in [-0.1, -0.05) is 12.1 Å². The Morgan fingerprint density at radius 3 is 2.85 bits per heavy atom. The largest absolute Gasteiger partial charge is 0.345 e. The maximum Gasteiger partial charge on any atom is 0.271 e. The monoisotopic (exact) mass is 267 g/mol. The van der Waals surface area contributed by atoms with Gasteiger partial charge in [-0.3, -0.25) is 14.9 Å². The second-order valence-corrected chi connectivity index (χ2v) is 4.47. The zero-order valence-corrected chi connectivity index (χ0v) is 10.9. The van der Waals surface area contributed by atoms with Crippen LogP contribution in [0, 0.1) is 6.92 Å². The molecule has 2 aromatic heterocycles. The van der Waals surface area contributed by atoms with E-state index in [9.17, 15) is 4.79 Å². The van der Waals surface area contributed by atoms with E-state index in [0.717, 1.165) is 16.9 Å². The van der Waals surface area contributed by atoms with Crippen molar-refractivity contribution in [1.29, 1.82) is 0 Å². The Hall–Kier alpha value is -2.76. The van der Waals surface area contributed by atoms with E-state index in [1.807, 2.05) is 37.3 Å². The topological polar surface area (TPSA) is 83.6 Å². The lowest BCUT2D eigenvalue weighted by Gasteiger charge is -2.03. The molecule has 0 aliphatic carbocycles. The summed E-state index contributed by atoms with van der Waals surface area (Å²) in [5.74, 6) is -0.260. The number of aryl methyl sites for hydroxylation is 1. The summed E-state index contributed by atoms with van der Waals surface area (Å²) in [6.45, 7) is 2.27. The summed E-state index contributed by atoms with van der Waals surface area (Å²) in [7, 11) is 0. The third kappa shape index (κ3) is 2.49. The minimum atomic E-state index is -0.260. The molecule has 0 aliphatic rings. The molecule has 3 aromatic rings. The molecule has 0 atom stereocenters. The first kappa shape index (κ1) is 12.3. The van der Waals surface area contributed by atoms with Gasteiger partial charge in [-0.25, -0.2) is 4.98 Å². The van der Waals surface area contributed by atoms with Crippen molar-refractivity contribution in [2.75, 3.05) is 0 Å². The summed E-state index contributed by atoms with van der Waals surface area (Å²) in [6, 6.07) is 9.32. The molecule has 0 unspecified atom stereocenters. The fourth-order valence-corrected chi connectivity index (χ4v) is 1.89. The smallest absolute Gasteiger partial charge is 0.271 e. The number of carbonyl (C=O) groups excluding carboxylic acids is 1. The van der Waals surface area contributed by atoms with Gasteiger partial charge < -0.3 is 5.32 Å². The van der Waals surface area contributed by atoms with Crippen molar-refractivity contribution in [2.45, 2.75) is 13.5 Å². The lowest BCUT2D eigenvalue weighted by atomic mass is 10.3. The van der Waals surface area contributed by atoms with Gasteiger partial charge in [0.05, 0.1) is 29.5 Å². The molecule has 100 valence electrons. The highest BCUT2D eigenvalue weighted by atomic mass is 16.1. The molecule has 0 fully saturated rings. The number of hydrogen-bond acceptors (Lipinski definition) is 4. The van der Waals surface area contributed by atoms with Gasteiger partial charge in [0, 0.05) is 5.69 Å². The van der Waals surface area contributed by atoms with Gasteiger partial charge in [-0.2, -0.15) is 5.10 Å². The number of nitrogens with zero attached hydrogens (tertiary/aromatic N) is 3. The predicted octanol–water partition coefficient (Wildman–Crippen LogP) is 1.59. The molecule has 2 heterocycles. The van der Waals surface area contributed by atoms with Crippen LogP contribution in [0.4, 0.5) is 0 Å². The lowest BCUT2D eigenvalue weighted by molar-refractivity contribution is 0.0945. The van der Waals surface area contributed by atoms with Crippen molar-refractivity contribution in [1.82, 2.24) is 25.5 Å². The first-order valence-electron chi connectivity index (χ1n) is 6.23. The van der Waals surface area contributed by atoms with Crippen molar-refractivity contribution in [3.05, 3.63) is 53.6 Å². The van der Waals surface area contributed by atoms with Crippen molar-refractivity contribution in [2.24, 2.45) is 0 Å². The van der Waals surface area contributed by atoms with Crippen LogP contribution >= 0.6 is 0 Å². The van der Waals surface area contributed by atoms with Crippen molar-refractivity contribution in [3.8, 4) is 0 Å². The Bertz CT molecular complexity index is 765. The molecule has 0 aliphatic heterocycles. The number of H-pyrrole nitrogens is 1. The van der Waals surface area contributed by atoms with E-state index in [1.165, 1.54) is 6.20 Å². The Morgan fingerprint density at radius 2 is 2.10 bits per heavy atom. The molecule has 2 N–H and O–H groups in total. The summed E-state index contributed by atoms with van der Waals surface area (Å²) < 4.78 is 0. The number of para-hydroxylation sites is 2. The number of hydrogen-bond donors (Lipinski definition) is 2. The Balaban J connectivity index is 1.75. The summed E-state index contributed by atoms with van der Waals surface area (Å²) in [5, 5.41) is 9.65. The first-order valence-corrected chi connectivity index (χ1v) is 6.23. The average Bonchev–Trinajstić information content (AvgIpc) is 2.90. The number of carbonyl (C=O) groups is 1. The fraction of sp³-hybridized carbons (Fsp3) is 0.143. The minimum Gasteiger partial charge on any atom is -0.345 e. The van der Waals surface area contributed by atoms with Crippen LogP contribution in [0.2, 0.25) is 0 Å². The van der Waals surface area contributed by atoms with Crippen LogP contribution in [0.3, 0.4) is 0 Å². The van der Waals surface area contributed by atoms with Crippen molar-refractivity contribution < 1.29 is 4.79 Å². The lowest BCUT2D eigenvalue weighted by Crippen LogP contribution is -2.24. The standard InChI is InChI=1S/C14H13N5O/c1-9-6-10(19-18-9)7-16-14(20)13-8-15-11-4-2-3-5-12(11)17-13/h2-6,8H,7H2,1H3,(H,16,20)(H,18,19). The number of aromatic amines is 1. The quantitative estimate of drug-likeness (QED) is 0.754. The summed E-state index contributed by atoms with van der Waals surface area (Å²) in [6.07, 6.45) is 1.48. The molecule has 1 amide bonds. The Kier molecular flexibility index (Phi) is 3.12. The molecule has 0 bridgehead atoms. The second kappa shape index (κ2) is 5.08. The van der Waals surface area contributed by atoms with E-state index in [2.05, 4.69) is 25.5 Å². The Morgan fingerprint density at radius 1 is 1.30 bits per heavy atom. The predicted molar refractivity (Wildman–Crippen MR) is 74.0 cm³/mol. The summed E-state index contributed by atoms with van der Waals surface area (Å²) >= 11 is 0. The zero-order valence-electron chi connectivity index (χ0n) is 10.9. The number of benzene rings is 1. The minimum absolute atomic E-state index is 0.260. The van der Waals surface area contributed by atoms with Gasteiger partial charge in [0.1, 0.15) is 5.69 Å². The number of aromatic nitrogens is 4.